The first-order valence-electron chi connectivity index (χ1n) is 5.43. The van der Waals surface area contributed by atoms with Gasteiger partial charge in [-0.1, -0.05) is 41.7 Å². The molecule has 0 radical (unpaired) electrons. The van der Waals surface area contributed by atoms with Gasteiger partial charge in [-0.15, -0.1) is 0 Å². The van der Waals surface area contributed by atoms with E-state index in [-0.39, 0.29) is 12.3 Å². The van der Waals surface area contributed by atoms with Crippen LogP contribution in [0.5, 0.6) is 0 Å². The van der Waals surface area contributed by atoms with Crippen LogP contribution in [-0.2, 0) is 4.79 Å². The van der Waals surface area contributed by atoms with Crippen LogP contribution in [0.3, 0.4) is 0 Å². The fourth-order valence-corrected chi connectivity index (χ4v) is 2.94. The van der Waals surface area contributed by atoms with Crippen LogP contribution in [0.2, 0.25) is 15.1 Å². The highest BCUT2D eigenvalue weighted by atomic mass is 35.5. The first-order chi connectivity index (χ1) is 8.31. The second kappa shape index (κ2) is 6.62. The number of aliphatic carboxylic acids is 1. The zero-order chi connectivity index (χ0) is 13.9. The summed E-state index contributed by atoms with van der Waals surface area (Å²) in [5.74, 6) is -0.900. The molecule has 0 saturated heterocycles. The molecule has 1 aromatic carbocycles. The number of carboxylic acids is 1. The number of nitrogens with two attached hydrogens (primary N) is 1. The second-order valence-electron chi connectivity index (χ2n) is 4.33. The molecule has 1 aromatic rings. The van der Waals surface area contributed by atoms with Crippen LogP contribution in [0.1, 0.15) is 31.4 Å². The normalized spacial score (nSPS) is 14.3. The molecule has 18 heavy (non-hydrogen) atoms. The van der Waals surface area contributed by atoms with Gasteiger partial charge in [0, 0.05) is 33.1 Å². The van der Waals surface area contributed by atoms with Crippen LogP contribution in [0.25, 0.3) is 0 Å². The van der Waals surface area contributed by atoms with E-state index in [1.165, 1.54) is 0 Å². The minimum Gasteiger partial charge on any atom is -0.481 e. The van der Waals surface area contributed by atoms with Crippen LogP contribution in [0.4, 0.5) is 0 Å². The molecule has 1 rings (SSSR count). The Hall–Kier alpha value is -0.480. The van der Waals surface area contributed by atoms with E-state index in [1.54, 1.807) is 12.1 Å². The van der Waals surface area contributed by atoms with Crippen molar-refractivity contribution in [3.8, 4) is 0 Å². The maximum atomic E-state index is 10.6. The third-order valence-electron chi connectivity index (χ3n) is 2.59. The number of carbonyl (C=O) groups is 1. The number of benzene rings is 1. The maximum Gasteiger partial charge on any atom is 0.303 e. The number of hydrogen-bond acceptors (Lipinski definition) is 2. The number of hydrogen-bond donors (Lipinski definition) is 2. The third kappa shape index (κ3) is 4.32. The Kier molecular flexibility index (Phi) is 5.73. The van der Waals surface area contributed by atoms with E-state index in [2.05, 4.69) is 0 Å². The van der Waals surface area contributed by atoms with Gasteiger partial charge < -0.3 is 10.8 Å². The molecule has 100 valence electrons. The van der Waals surface area contributed by atoms with Crippen LogP contribution in [0, 0.1) is 5.92 Å². The Bertz CT molecular complexity index is 428. The van der Waals surface area contributed by atoms with Crippen molar-refractivity contribution in [2.45, 2.75) is 25.8 Å². The molecule has 0 aliphatic carbocycles. The molecule has 0 aliphatic rings. The van der Waals surface area contributed by atoms with Crippen molar-refractivity contribution in [2.24, 2.45) is 11.7 Å². The molecule has 0 spiro atoms. The van der Waals surface area contributed by atoms with Gasteiger partial charge in [0.05, 0.1) is 0 Å². The summed E-state index contributed by atoms with van der Waals surface area (Å²) in [6.07, 6.45) is 0.559. The van der Waals surface area contributed by atoms with Gasteiger partial charge in [-0.25, -0.2) is 0 Å². The number of halogens is 3. The Balaban J connectivity index is 2.84. The van der Waals surface area contributed by atoms with Crippen LogP contribution >= 0.6 is 34.8 Å². The SMILES string of the molecule is CC(CC(=O)O)CC(N)c1c(Cl)cc(Cl)cc1Cl. The lowest BCUT2D eigenvalue weighted by Crippen LogP contribution is -2.17. The number of carboxylic acid groups (broad SMARTS) is 1. The van der Waals surface area contributed by atoms with Gasteiger partial charge >= 0.3 is 5.97 Å². The fraction of sp³-hybridized carbons (Fsp3) is 0.417. The van der Waals surface area contributed by atoms with Gasteiger partial charge in [0.25, 0.3) is 0 Å². The van der Waals surface area contributed by atoms with E-state index in [9.17, 15) is 4.79 Å². The van der Waals surface area contributed by atoms with Crippen molar-refractivity contribution in [3.63, 3.8) is 0 Å². The molecule has 2 atom stereocenters. The molecule has 0 saturated carbocycles. The molecule has 6 heteroatoms. The summed E-state index contributed by atoms with van der Waals surface area (Å²) in [7, 11) is 0. The molecule has 3 nitrogen and oxygen atoms in total. The summed E-state index contributed by atoms with van der Waals surface area (Å²) in [5.41, 5.74) is 6.63. The van der Waals surface area contributed by atoms with Crippen LogP contribution in [-0.4, -0.2) is 11.1 Å². The summed E-state index contributed by atoms with van der Waals surface area (Å²) >= 11 is 17.9. The molecule has 0 amide bonds. The summed E-state index contributed by atoms with van der Waals surface area (Å²) in [6.45, 7) is 1.83. The van der Waals surface area contributed by atoms with Crippen LogP contribution in [0.15, 0.2) is 12.1 Å². The number of rotatable bonds is 5. The van der Waals surface area contributed by atoms with Gasteiger partial charge in [-0.2, -0.15) is 0 Å². The van der Waals surface area contributed by atoms with E-state index < -0.39 is 12.0 Å². The topological polar surface area (TPSA) is 63.3 Å². The zero-order valence-electron chi connectivity index (χ0n) is 9.79. The van der Waals surface area contributed by atoms with E-state index in [4.69, 9.17) is 45.6 Å². The molecule has 3 N–H and O–H groups in total. The van der Waals surface area contributed by atoms with E-state index in [0.717, 1.165) is 0 Å². The average Bonchev–Trinajstić information content (AvgIpc) is 2.12. The highest BCUT2D eigenvalue weighted by Gasteiger charge is 2.19. The summed E-state index contributed by atoms with van der Waals surface area (Å²) in [6, 6.07) is 2.74. The lowest BCUT2D eigenvalue weighted by atomic mass is 9.94. The predicted molar refractivity (Wildman–Crippen MR) is 74.4 cm³/mol. The molecule has 0 aliphatic heterocycles. The Morgan fingerprint density at radius 2 is 1.83 bits per heavy atom. The average molecular weight is 311 g/mol. The Morgan fingerprint density at radius 3 is 2.28 bits per heavy atom. The molecule has 2 unspecified atom stereocenters. The molecule has 0 aromatic heterocycles. The van der Waals surface area contributed by atoms with E-state index in [0.29, 0.717) is 27.1 Å². The first kappa shape index (κ1) is 15.6. The van der Waals surface area contributed by atoms with Gasteiger partial charge in [0.2, 0.25) is 0 Å². The lowest BCUT2D eigenvalue weighted by Gasteiger charge is -2.19. The van der Waals surface area contributed by atoms with E-state index in [1.807, 2.05) is 6.92 Å². The smallest absolute Gasteiger partial charge is 0.303 e. The van der Waals surface area contributed by atoms with Crippen molar-refractivity contribution in [3.05, 3.63) is 32.8 Å². The van der Waals surface area contributed by atoms with Crippen molar-refractivity contribution in [1.29, 1.82) is 0 Å². The molecular formula is C12H14Cl3NO2. The highest BCUT2D eigenvalue weighted by Crippen LogP contribution is 2.35. The minimum absolute atomic E-state index is 0.0553. The quantitative estimate of drug-likeness (QED) is 0.859. The van der Waals surface area contributed by atoms with Gasteiger partial charge in [0.15, 0.2) is 0 Å². The molecule has 0 bridgehead atoms. The molecular weight excluding hydrogens is 296 g/mol. The highest BCUT2D eigenvalue weighted by molar-refractivity contribution is 6.39. The Morgan fingerprint density at radius 1 is 1.33 bits per heavy atom. The fourth-order valence-electron chi connectivity index (χ4n) is 1.84. The zero-order valence-corrected chi connectivity index (χ0v) is 12.1. The van der Waals surface area contributed by atoms with Gasteiger partial charge in [-0.3, -0.25) is 4.79 Å². The maximum absolute atomic E-state index is 10.6. The van der Waals surface area contributed by atoms with Crippen molar-refractivity contribution in [2.75, 3.05) is 0 Å². The first-order valence-corrected chi connectivity index (χ1v) is 6.56. The predicted octanol–water partition coefficient (Wildman–Crippen LogP) is 4.15. The monoisotopic (exact) mass is 309 g/mol. The second-order valence-corrected chi connectivity index (χ2v) is 5.58. The van der Waals surface area contributed by atoms with Crippen molar-refractivity contribution < 1.29 is 9.90 Å². The minimum atomic E-state index is -0.844. The van der Waals surface area contributed by atoms with Gasteiger partial charge in [-0.05, 0) is 24.5 Å². The third-order valence-corrected chi connectivity index (χ3v) is 3.44. The largest absolute Gasteiger partial charge is 0.481 e. The molecule has 0 heterocycles. The van der Waals surface area contributed by atoms with E-state index >= 15 is 0 Å². The van der Waals surface area contributed by atoms with Crippen LogP contribution < -0.4 is 5.73 Å². The molecule has 0 fully saturated rings. The standard InChI is InChI=1S/C12H14Cl3NO2/c1-6(3-11(17)18)2-10(16)12-8(14)4-7(13)5-9(12)15/h4-6,10H,2-3,16H2,1H3,(H,17,18). The summed E-state index contributed by atoms with van der Waals surface area (Å²) in [4.78, 5) is 10.6. The lowest BCUT2D eigenvalue weighted by molar-refractivity contribution is -0.138. The van der Waals surface area contributed by atoms with Crippen molar-refractivity contribution >= 4 is 40.8 Å². The Labute approximate surface area is 121 Å². The van der Waals surface area contributed by atoms with Crippen molar-refractivity contribution in [1.82, 2.24) is 0 Å². The van der Waals surface area contributed by atoms with Gasteiger partial charge in [0.1, 0.15) is 0 Å². The summed E-state index contributed by atoms with van der Waals surface area (Å²) < 4.78 is 0. The summed E-state index contributed by atoms with van der Waals surface area (Å²) in [5, 5.41) is 9.96.